The number of likely N-dealkylation sites (N-methyl/N-ethyl adjacent to an activating group) is 1. The third-order valence-electron chi connectivity index (χ3n) is 0.899. The molecule has 0 aliphatic heterocycles. The van der Waals surface area contributed by atoms with Gasteiger partial charge in [-0.05, 0) is 0 Å². The molecular formula is C5H14ClNO3S. The molecule has 70 valence electrons. The maximum absolute atomic E-state index is 10.4. The predicted octanol–water partition coefficient (Wildman–Crippen LogP) is -4.89. The molecule has 0 aliphatic rings. The molecule has 0 bridgehead atoms. The molecule has 1 N–H and O–H groups in total. The van der Waals surface area contributed by atoms with Crippen LogP contribution >= 0.6 is 0 Å². The van der Waals surface area contributed by atoms with Gasteiger partial charge in [-0.25, -0.2) is 0 Å². The van der Waals surface area contributed by atoms with Crippen molar-refractivity contribution in [1.82, 2.24) is 0 Å². The first-order valence-corrected chi connectivity index (χ1v) is 4.87. The van der Waals surface area contributed by atoms with E-state index in [1.165, 1.54) is 4.90 Å². The molecular weight excluding hydrogens is 190 g/mol. The minimum atomic E-state index is -3.23. The first-order chi connectivity index (χ1) is 4.42. The number of hydrogen-bond donors (Lipinski definition) is 1. The van der Waals surface area contributed by atoms with Gasteiger partial charge in [0.1, 0.15) is 13.2 Å². The third-order valence-corrected chi connectivity index (χ3v) is 1.49. The zero-order valence-electron chi connectivity index (χ0n) is 6.93. The van der Waals surface area contributed by atoms with Crippen molar-refractivity contribution >= 4 is 10.1 Å². The lowest BCUT2D eigenvalue weighted by Gasteiger charge is -2.05. The largest absolute Gasteiger partial charge is 1.00 e. The number of rotatable bonds is 4. The molecule has 0 aromatic rings. The smallest absolute Gasteiger partial charge is 0.264 e. The van der Waals surface area contributed by atoms with Gasteiger partial charge in [0.15, 0.2) is 0 Å². The quantitative estimate of drug-likeness (QED) is 0.466. The average Bonchev–Trinajstić information content (AvgIpc) is 1.59. The van der Waals surface area contributed by atoms with E-state index in [-0.39, 0.29) is 19.0 Å². The van der Waals surface area contributed by atoms with Crippen molar-refractivity contribution in [2.24, 2.45) is 0 Å². The van der Waals surface area contributed by atoms with E-state index in [9.17, 15) is 8.42 Å². The fourth-order valence-electron chi connectivity index (χ4n) is 0.397. The fraction of sp³-hybridized carbons (Fsp3) is 1.00. The zero-order valence-corrected chi connectivity index (χ0v) is 8.50. The SMILES string of the molecule is C[NH+](C)CCOS(C)(=O)=O.[Cl-]. The van der Waals surface area contributed by atoms with Crippen LogP contribution < -0.4 is 17.3 Å². The van der Waals surface area contributed by atoms with Crippen molar-refractivity contribution in [3.63, 3.8) is 0 Å². The molecule has 0 saturated heterocycles. The highest BCUT2D eigenvalue weighted by Crippen LogP contribution is 1.82. The Morgan fingerprint density at radius 1 is 1.36 bits per heavy atom. The summed E-state index contributed by atoms with van der Waals surface area (Å²) >= 11 is 0. The first kappa shape index (κ1) is 13.7. The highest BCUT2D eigenvalue weighted by atomic mass is 35.5. The van der Waals surface area contributed by atoms with Gasteiger partial charge >= 0.3 is 0 Å². The van der Waals surface area contributed by atoms with E-state index in [0.29, 0.717) is 6.54 Å². The van der Waals surface area contributed by atoms with Crippen molar-refractivity contribution in [2.45, 2.75) is 0 Å². The maximum atomic E-state index is 10.4. The lowest BCUT2D eigenvalue weighted by Crippen LogP contribution is -3.06. The van der Waals surface area contributed by atoms with E-state index in [0.717, 1.165) is 6.26 Å². The maximum Gasteiger partial charge on any atom is 0.264 e. The second-order valence-electron chi connectivity index (χ2n) is 2.48. The van der Waals surface area contributed by atoms with Gasteiger partial charge in [-0.2, -0.15) is 8.42 Å². The van der Waals surface area contributed by atoms with E-state index in [4.69, 9.17) is 0 Å². The summed E-state index contributed by atoms with van der Waals surface area (Å²) in [5.74, 6) is 0. The van der Waals surface area contributed by atoms with Crippen molar-refractivity contribution < 1.29 is 29.9 Å². The van der Waals surface area contributed by atoms with Crippen molar-refractivity contribution in [3.05, 3.63) is 0 Å². The topological polar surface area (TPSA) is 47.8 Å². The van der Waals surface area contributed by atoms with Crippen molar-refractivity contribution in [3.8, 4) is 0 Å². The van der Waals surface area contributed by atoms with Crippen LogP contribution in [0.1, 0.15) is 0 Å². The van der Waals surface area contributed by atoms with E-state index < -0.39 is 10.1 Å². The summed E-state index contributed by atoms with van der Waals surface area (Å²) in [6.07, 6.45) is 1.05. The van der Waals surface area contributed by atoms with Crippen LogP contribution in [0.4, 0.5) is 0 Å². The van der Waals surface area contributed by atoms with Crippen LogP contribution in [0.15, 0.2) is 0 Å². The highest BCUT2D eigenvalue weighted by Gasteiger charge is 2.01. The predicted molar refractivity (Wildman–Crippen MR) is 38.5 cm³/mol. The van der Waals surface area contributed by atoms with Gasteiger partial charge < -0.3 is 17.3 Å². The van der Waals surface area contributed by atoms with Gasteiger partial charge in [0.05, 0.1) is 20.4 Å². The lowest BCUT2D eigenvalue weighted by molar-refractivity contribution is -0.858. The van der Waals surface area contributed by atoms with Crippen LogP contribution in [0.3, 0.4) is 0 Å². The van der Waals surface area contributed by atoms with Crippen molar-refractivity contribution in [2.75, 3.05) is 33.5 Å². The fourth-order valence-corrected chi connectivity index (χ4v) is 0.783. The van der Waals surface area contributed by atoms with Gasteiger partial charge in [-0.3, -0.25) is 4.18 Å². The molecule has 0 saturated carbocycles. The Morgan fingerprint density at radius 3 is 2.09 bits per heavy atom. The summed E-state index contributed by atoms with van der Waals surface area (Å²) in [7, 11) is 0.639. The van der Waals surface area contributed by atoms with Crippen LogP contribution in [0.25, 0.3) is 0 Å². The number of quaternary nitrogens is 1. The summed E-state index contributed by atoms with van der Waals surface area (Å²) in [5.41, 5.74) is 0. The lowest BCUT2D eigenvalue weighted by atomic mass is 10.6. The Hall–Kier alpha value is 0.160. The number of hydrogen-bond acceptors (Lipinski definition) is 3. The van der Waals surface area contributed by atoms with Crippen LogP contribution in [0, 0.1) is 0 Å². The molecule has 0 unspecified atom stereocenters. The third kappa shape index (κ3) is 13.2. The van der Waals surface area contributed by atoms with Gasteiger partial charge in [0, 0.05) is 0 Å². The van der Waals surface area contributed by atoms with Gasteiger partial charge in [0.25, 0.3) is 10.1 Å². The summed E-state index contributed by atoms with van der Waals surface area (Å²) in [4.78, 5) is 1.17. The second kappa shape index (κ2) is 5.77. The summed E-state index contributed by atoms with van der Waals surface area (Å²) < 4.78 is 25.3. The van der Waals surface area contributed by atoms with E-state index in [2.05, 4.69) is 4.18 Å². The van der Waals surface area contributed by atoms with Crippen molar-refractivity contribution in [1.29, 1.82) is 0 Å². The molecule has 0 fully saturated rings. The van der Waals surface area contributed by atoms with Crippen LogP contribution in [0.2, 0.25) is 0 Å². The molecule has 0 aromatic carbocycles. The Balaban J connectivity index is 0. The number of halogens is 1. The second-order valence-corrected chi connectivity index (χ2v) is 4.13. The molecule has 4 nitrogen and oxygen atoms in total. The zero-order chi connectivity index (χ0) is 8.20. The molecule has 0 aromatic heterocycles. The molecule has 0 heterocycles. The molecule has 0 aliphatic carbocycles. The number of nitrogens with one attached hydrogen (secondary N) is 1. The van der Waals surface area contributed by atoms with Crippen LogP contribution in [0.5, 0.6) is 0 Å². The highest BCUT2D eigenvalue weighted by molar-refractivity contribution is 7.85. The Labute approximate surface area is 74.1 Å². The molecule has 0 atom stereocenters. The summed E-state index contributed by atoms with van der Waals surface area (Å²) in [6.45, 7) is 0.967. The van der Waals surface area contributed by atoms with Crippen LogP contribution in [-0.4, -0.2) is 41.9 Å². The molecule has 0 radical (unpaired) electrons. The normalized spacial score (nSPS) is 11.3. The molecule has 0 rings (SSSR count). The van der Waals surface area contributed by atoms with E-state index in [1.54, 1.807) is 0 Å². The standard InChI is InChI=1S/C5H13NO3S.ClH/c1-6(2)4-5-9-10(3,7)8;/h4-5H2,1-3H3;1H. The monoisotopic (exact) mass is 203 g/mol. The molecule has 11 heavy (non-hydrogen) atoms. The average molecular weight is 204 g/mol. The van der Waals surface area contributed by atoms with E-state index >= 15 is 0 Å². The minimum absolute atomic E-state index is 0. The Morgan fingerprint density at radius 2 is 1.82 bits per heavy atom. The van der Waals surface area contributed by atoms with Gasteiger partial charge in [-0.15, -0.1) is 0 Å². The van der Waals surface area contributed by atoms with E-state index in [1.807, 2.05) is 14.1 Å². The van der Waals surface area contributed by atoms with Crippen LogP contribution in [-0.2, 0) is 14.3 Å². The first-order valence-electron chi connectivity index (χ1n) is 3.05. The van der Waals surface area contributed by atoms with Gasteiger partial charge in [-0.1, -0.05) is 0 Å². The Bertz CT molecular complexity index is 178. The van der Waals surface area contributed by atoms with Gasteiger partial charge in [0.2, 0.25) is 0 Å². The molecule has 0 spiro atoms. The minimum Gasteiger partial charge on any atom is -1.00 e. The molecule has 6 heteroatoms. The molecule has 0 amide bonds. The Kier molecular flexibility index (Phi) is 7.20. The summed E-state index contributed by atoms with van der Waals surface area (Å²) in [6, 6.07) is 0. The summed E-state index contributed by atoms with van der Waals surface area (Å²) in [5, 5.41) is 0.